The first-order valence-corrected chi connectivity index (χ1v) is 8.64. The van der Waals surface area contributed by atoms with Gasteiger partial charge in [-0.25, -0.2) is 8.78 Å². The molecule has 0 aliphatic carbocycles. The summed E-state index contributed by atoms with van der Waals surface area (Å²) < 4.78 is 27.9. The van der Waals surface area contributed by atoms with E-state index in [0.29, 0.717) is 17.8 Å². The predicted molar refractivity (Wildman–Crippen MR) is 101 cm³/mol. The van der Waals surface area contributed by atoms with Crippen molar-refractivity contribution < 1.29 is 18.4 Å². The molecule has 2 aromatic carbocycles. The third-order valence-corrected chi connectivity index (χ3v) is 4.02. The van der Waals surface area contributed by atoms with Gasteiger partial charge in [0.25, 0.3) is 5.91 Å². The first-order chi connectivity index (χ1) is 13.5. The number of aromatic nitrogens is 2. The smallest absolute Gasteiger partial charge is 0.276 e. The summed E-state index contributed by atoms with van der Waals surface area (Å²) in [6, 6.07) is 11.8. The topological polar surface area (TPSA) is 76.0 Å². The molecule has 0 aliphatic rings. The Hall–Kier alpha value is -3.55. The number of benzene rings is 2. The van der Waals surface area contributed by atoms with Crippen molar-refractivity contribution in [1.29, 1.82) is 0 Å². The molecule has 3 aromatic rings. The fourth-order valence-electron chi connectivity index (χ4n) is 2.68. The third-order valence-electron chi connectivity index (χ3n) is 4.02. The molecule has 1 atom stereocenters. The maximum Gasteiger partial charge on any atom is 0.276 e. The number of hydrogen-bond acceptors (Lipinski definition) is 3. The number of nitrogens with zero attached hydrogens (tertiary/aromatic N) is 2. The van der Waals surface area contributed by atoms with E-state index in [9.17, 15) is 18.4 Å². The summed E-state index contributed by atoms with van der Waals surface area (Å²) in [5.74, 6) is -1.83. The van der Waals surface area contributed by atoms with Crippen LogP contribution in [0.5, 0.6) is 0 Å². The van der Waals surface area contributed by atoms with Crippen LogP contribution in [0.25, 0.3) is 0 Å². The second-order valence-electron chi connectivity index (χ2n) is 6.07. The molecule has 28 heavy (non-hydrogen) atoms. The number of rotatable bonds is 6. The van der Waals surface area contributed by atoms with Gasteiger partial charge in [0.05, 0.1) is 0 Å². The zero-order chi connectivity index (χ0) is 20.1. The van der Waals surface area contributed by atoms with Crippen molar-refractivity contribution >= 4 is 23.2 Å². The Kier molecular flexibility index (Phi) is 5.78. The molecule has 2 N–H and O–H groups in total. The van der Waals surface area contributed by atoms with Crippen LogP contribution in [-0.4, -0.2) is 21.6 Å². The Bertz CT molecular complexity index is 1000. The van der Waals surface area contributed by atoms with E-state index in [1.807, 2.05) is 0 Å². The minimum atomic E-state index is -0.681. The summed E-state index contributed by atoms with van der Waals surface area (Å²) in [5.41, 5.74) is 0.719. The van der Waals surface area contributed by atoms with Crippen LogP contribution < -0.4 is 10.6 Å². The summed E-state index contributed by atoms with van der Waals surface area (Å²) in [4.78, 5) is 24.8. The lowest BCUT2D eigenvalue weighted by Crippen LogP contribution is -2.26. The first kappa shape index (κ1) is 19.2. The number of carbonyl (C=O) groups excluding carboxylic acids is 2. The lowest BCUT2D eigenvalue weighted by molar-refractivity contribution is -0.119. The molecule has 8 heteroatoms. The molecule has 0 spiro atoms. The molecule has 3 rings (SSSR count). The molecular formula is C20H18F2N4O2. The highest BCUT2D eigenvalue weighted by molar-refractivity contribution is 6.02. The standard InChI is InChI=1S/C20H18F2N4O2/c1-2-18(20(28)24-16-8-4-6-14(22)12-16)26-10-9-17(25-26)19(27)23-15-7-3-5-13(21)11-15/h3-12,18H,2H2,1H3,(H,23,27)(H,24,28)/t18-/m1/s1. The second-order valence-corrected chi connectivity index (χ2v) is 6.07. The molecule has 1 aromatic heterocycles. The maximum atomic E-state index is 13.3. The third kappa shape index (κ3) is 4.59. The molecule has 0 radical (unpaired) electrons. The highest BCUT2D eigenvalue weighted by atomic mass is 19.1. The van der Waals surface area contributed by atoms with Gasteiger partial charge < -0.3 is 10.6 Å². The summed E-state index contributed by atoms with van der Waals surface area (Å²) in [6.07, 6.45) is 1.92. The molecule has 0 fully saturated rings. The van der Waals surface area contributed by atoms with E-state index in [2.05, 4.69) is 15.7 Å². The Morgan fingerprint density at radius 2 is 1.61 bits per heavy atom. The number of amides is 2. The van der Waals surface area contributed by atoms with Crippen molar-refractivity contribution in [3.63, 3.8) is 0 Å². The van der Waals surface area contributed by atoms with Gasteiger partial charge in [0, 0.05) is 17.6 Å². The minimum Gasteiger partial charge on any atom is -0.324 e. The number of carbonyl (C=O) groups is 2. The van der Waals surface area contributed by atoms with Crippen LogP contribution in [0.4, 0.5) is 20.2 Å². The van der Waals surface area contributed by atoms with Crippen molar-refractivity contribution in [3.8, 4) is 0 Å². The van der Waals surface area contributed by atoms with Crippen molar-refractivity contribution in [3.05, 3.63) is 78.1 Å². The number of nitrogens with one attached hydrogen (secondary N) is 2. The highest BCUT2D eigenvalue weighted by Crippen LogP contribution is 2.17. The molecule has 0 saturated heterocycles. The fraction of sp³-hybridized carbons (Fsp3) is 0.150. The van der Waals surface area contributed by atoms with E-state index in [1.165, 1.54) is 53.3 Å². The van der Waals surface area contributed by atoms with Crippen molar-refractivity contribution in [2.24, 2.45) is 0 Å². The Morgan fingerprint density at radius 3 is 2.18 bits per heavy atom. The SMILES string of the molecule is CC[C@H](C(=O)Nc1cccc(F)c1)n1ccc(C(=O)Nc2cccc(F)c2)n1. The first-order valence-electron chi connectivity index (χ1n) is 8.64. The van der Waals surface area contributed by atoms with Crippen molar-refractivity contribution in [2.75, 3.05) is 10.6 Å². The van der Waals surface area contributed by atoms with Crippen molar-refractivity contribution in [1.82, 2.24) is 9.78 Å². The van der Waals surface area contributed by atoms with E-state index in [0.717, 1.165) is 0 Å². The van der Waals surface area contributed by atoms with Gasteiger partial charge in [-0.2, -0.15) is 5.10 Å². The number of hydrogen-bond donors (Lipinski definition) is 2. The zero-order valence-electron chi connectivity index (χ0n) is 15.0. The van der Waals surface area contributed by atoms with Gasteiger partial charge in [-0.1, -0.05) is 19.1 Å². The van der Waals surface area contributed by atoms with Gasteiger partial charge in [-0.3, -0.25) is 14.3 Å². The molecule has 0 saturated carbocycles. The molecule has 6 nitrogen and oxygen atoms in total. The number of anilines is 2. The molecule has 0 aliphatic heterocycles. The van der Waals surface area contributed by atoms with Gasteiger partial charge in [0.1, 0.15) is 17.7 Å². The van der Waals surface area contributed by atoms with Crippen molar-refractivity contribution in [2.45, 2.75) is 19.4 Å². The van der Waals surface area contributed by atoms with Crippen LogP contribution in [0, 0.1) is 11.6 Å². The Morgan fingerprint density at radius 1 is 1.00 bits per heavy atom. The summed E-state index contributed by atoms with van der Waals surface area (Å²) in [6.45, 7) is 1.80. The van der Waals surface area contributed by atoms with Gasteiger partial charge in [-0.05, 0) is 48.9 Å². The quantitative estimate of drug-likeness (QED) is 0.674. The lowest BCUT2D eigenvalue weighted by atomic mass is 10.2. The fourth-order valence-corrected chi connectivity index (χ4v) is 2.68. The van der Waals surface area contributed by atoms with Crippen LogP contribution in [0.2, 0.25) is 0 Å². The van der Waals surface area contributed by atoms with E-state index >= 15 is 0 Å². The van der Waals surface area contributed by atoms with Gasteiger partial charge >= 0.3 is 0 Å². The van der Waals surface area contributed by atoms with Gasteiger partial charge in [0.15, 0.2) is 5.69 Å². The average Bonchev–Trinajstić information content (AvgIpc) is 3.12. The molecular weight excluding hydrogens is 366 g/mol. The number of halogens is 2. The van der Waals surface area contributed by atoms with E-state index in [-0.39, 0.29) is 11.6 Å². The van der Waals surface area contributed by atoms with E-state index in [1.54, 1.807) is 19.1 Å². The average molecular weight is 384 g/mol. The summed E-state index contributed by atoms with van der Waals surface area (Å²) in [7, 11) is 0. The van der Waals surface area contributed by atoms with Crippen LogP contribution in [0.15, 0.2) is 60.8 Å². The predicted octanol–water partition coefficient (Wildman–Crippen LogP) is 4.00. The minimum absolute atomic E-state index is 0.0845. The highest BCUT2D eigenvalue weighted by Gasteiger charge is 2.21. The molecule has 2 amide bonds. The Balaban J connectivity index is 1.71. The monoisotopic (exact) mass is 384 g/mol. The van der Waals surface area contributed by atoms with E-state index < -0.39 is 23.6 Å². The lowest BCUT2D eigenvalue weighted by Gasteiger charge is -2.15. The van der Waals surface area contributed by atoms with Crippen LogP contribution in [0.1, 0.15) is 29.9 Å². The summed E-state index contributed by atoms with van der Waals surface area (Å²) in [5, 5.41) is 9.34. The van der Waals surface area contributed by atoms with Crippen LogP contribution in [0.3, 0.4) is 0 Å². The van der Waals surface area contributed by atoms with Gasteiger partial charge in [0.2, 0.25) is 5.91 Å². The largest absolute Gasteiger partial charge is 0.324 e. The molecule has 1 heterocycles. The molecule has 0 unspecified atom stereocenters. The molecule has 144 valence electrons. The maximum absolute atomic E-state index is 13.3. The van der Waals surface area contributed by atoms with Gasteiger partial charge in [-0.15, -0.1) is 0 Å². The van der Waals surface area contributed by atoms with Crippen LogP contribution in [-0.2, 0) is 4.79 Å². The second kappa shape index (κ2) is 8.43. The normalized spacial score (nSPS) is 11.7. The molecule has 0 bridgehead atoms. The zero-order valence-corrected chi connectivity index (χ0v) is 15.0. The Labute approximate surface area is 160 Å². The van der Waals surface area contributed by atoms with E-state index in [4.69, 9.17) is 0 Å². The van der Waals surface area contributed by atoms with Crippen LogP contribution >= 0.6 is 0 Å². The summed E-state index contributed by atoms with van der Waals surface area (Å²) >= 11 is 0.